The first-order chi connectivity index (χ1) is 15.1. The van der Waals surface area contributed by atoms with Crippen molar-refractivity contribution in [3.63, 3.8) is 0 Å². The molecule has 156 valence electrons. The van der Waals surface area contributed by atoms with Gasteiger partial charge in [-0.05, 0) is 37.5 Å². The van der Waals surface area contributed by atoms with Gasteiger partial charge in [0.05, 0.1) is 0 Å². The van der Waals surface area contributed by atoms with Crippen molar-refractivity contribution in [3.8, 4) is 0 Å². The molecule has 0 amide bonds. The van der Waals surface area contributed by atoms with E-state index in [9.17, 15) is 4.79 Å². The zero-order chi connectivity index (χ0) is 21.4. The van der Waals surface area contributed by atoms with Crippen molar-refractivity contribution in [2.24, 2.45) is 4.99 Å². The van der Waals surface area contributed by atoms with Crippen LogP contribution in [0.2, 0.25) is 0 Å². The molecular weight excluding hydrogens is 388 g/mol. The van der Waals surface area contributed by atoms with Gasteiger partial charge in [-0.3, -0.25) is 19.7 Å². The second-order valence-electron chi connectivity index (χ2n) is 7.85. The Balaban J connectivity index is 1.44. The largest absolute Gasteiger partial charge is 0.361 e. The smallest absolute Gasteiger partial charge is 0.257 e. The molecule has 5 rings (SSSR count). The maximum atomic E-state index is 12.7. The van der Waals surface area contributed by atoms with Gasteiger partial charge in [-0.15, -0.1) is 0 Å². The highest BCUT2D eigenvalue weighted by Crippen LogP contribution is 2.22. The van der Waals surface area contributed by atoms with Crippen LogP contribution < -0.4 is 16.2 Å². The number of rotatable bonds is 4. The van der Waals surface area contributed by atoms with Crippen molar-refractivity contribution in [2.45, 2.75) is 26.4 Å². The Morgan fingerprint density at radius 1 is 1.10 bits per heavy atom. The predicted molar refractivity (Wildman–Crippen MR) is 124 cm³/mol. The summed E-state index contributed by atoms with van der Waals surface area (Å²) in [7, 11) is 0. The van der Waals surface area contributed by atoms with Crippen LogP contribution in [0.1, 0.15) is 28.6 Å². The molecule has 3 N–H and O–H groups in total. The molecule has 1 unspecified atom stereocenters. The second-order valence-corrected chi connectivity index (χ2v) is 7.85. The van der Waals surface area contributed by atoms with Crippen LogP contribution in [0.5, 0.6) is 0 Å². The Hall–Kier alpha value is -3.87. The van der Waals surface area contributed by atoms with E-state index < -0.39 is 0 Å². The molecule has 0 aliphatic carbocycles. The first kappa shape index (κ1) is 19.1. The van der Waals surface area contributed by atoms with E-state index in [0.717, 1.165) is 17.5 Å². The summed E-state index contributed by atoms with van der Waals surface area (Å²) in [6.07, 6.45) is 2.48. The van der Waals surface area contributed by atoms with Crippen molar-refractivity contribution in [1.29, 1.82) is 0 Å². The molecule has 7 heteroatoms. The molecule has 1 atom stereocenters. The first-order valence-electron chi connectivity index (χ1n) is 10.4. The average molecular weight is 412 g/mol. The summed E-state index contributed by atoms with van der Waals surface area (Å²) in [6, 6.07) is 17.9. The quantitative estimate of drug-likeness (QED) is 0.479. The number of aromatic nitrogens is 3. The topological polar surface area (TPSA) is 87.1 Å². The molecular formula is C24H24N6O. The first-order valence-corrected chi connectivity index (χ1v) is 10.4. The molecule has 7 nitrogen and oxygen atoms in total. The Morgan fingerprint density at radius 3 is 2.74 bits per heavy atom. The van der Waals surface area contributed by atoms with E-state index in [1.807, 2.05) is 56.4 Å². The number of hydrogen-bond donors (Lipinski definition) is 3. The monoisotopic (exact) mass is 412 g/mol. The fraction of sp³-hybridized carbons (Fsp3) is 0.208. The second kappa shape index (κ2) is 7.75. The third kappa shape index (κ3) is 3.70. The number of nitrogens with one attached hydrogen (secondary N) is 3. The molecule has 1 aliphatic heterocycles. The van der Waals surface area contributed by atoms with Crippen LogP contribution in [0, 0.1) is 13.8 Å². The van der Waals surface area contributed by atoms with Crippen molar-refractivity contribution in [1.82, 2.24) is 19.9 Å². The van der Waals surface area contributed by atoms with Crippen LogP contribution >= 0.6 is 0 Å². The van der Waals surface area contributed by atoms with Gasteiger partial charge in [0.1, 0.15) is 6.17 Å². The van der Waals surface area contributed by atoms with Crippen molar-refractivity contribution >= 4 is 22.8 Å². The number of benzene rings is 2. The van der Waals surface area contributed by atoms with Gasteiger partial charge in [-0.25, -0.2) is 4.98 Å². The number of guanidine groups is 1. The number of aliphatic imine (C=N–C) groups is 1. The van der Waals surface area contributed by atoms with Gasteiger partial charge >= 0.3 is 0 Å². The number of H-pyrrole nitrogens is 1. The van der Waals surface area contributed by atoms with Crippen molar-refractivity contribution in [3.05, 3.63) is 93.5 Å². The maximum Gasteiger partial charge on any atom is 0.257 e. The summed E-state index contributed by atoms with van der Waals surface area (Å²) in [5, 5.41) is 7.79. The minimum absolute atomic E-state index is 0.106. The minimum atomic E-state index is -0.371. The normalized spacial score (nSPS) is 16.7. The van der Waals surface area contributed by atoms with Gasteiger partial charge in [0, 0.05) is 35.4 Å². The molecule has 0 radical (unpaired) electrons. The number of fused-ring (bicyclic) bond motifs is 2. The maximum absolute atomic E-state index is 12.7. The minimum Gasteiger partial charge on any atom is -0.361 e. The van der Waals surface area contributed by atoms with E-state index in [4.69, 9.17) is 4.99 Å². The molecule has 3 heterocycles. The Kier molecular flexibility index (Phi) is 4.78. The number of anilines is 1. The summed E-state index contributed by atoms with van der Waals surface area (Å²) in [5.74, 6) is 1.11. The molecule has 0 fully saturated rings. The number of aryl methyl sites for hydroxylation is 2. The molecule has 0 spiro atoms. The molecule has 0 bridgehead atoms. The van der Waals surface area contributed by atoms with Crippen LogP contribution in [0.4, 0.5) is 5.95 Å². The van der Waals surface area contributed by atoms with Gasteiger partial charge in [-0.1, -0.05) is 48.0 Å². The molecule has 31 heavy (non-hydrogen) atoms. The standard InChI is InChI=1S/C24H24N6O/c1-15-7-9-17(10-8-15)22-28-23(29-24-27-16(2)13-21(31)30(22)24)25-12-11-18-14-26-20-6-4-3-5-19(18)20/h3-10,13-14,22,26H,11-12H2,1-2H3,(H2,25,27,28,29). The molecule has 1 aliphatic rings. The summed E-state index contributed by atoms with van der Waals surface area (Å²) >= 11 is 0. The summed E-state index contributed by atoms with van der Waals surface area (Å²) in [4.78, 5) is 25.3. The lowest BCUT2D eigenvalue weighted by Crippen LogP contribution is -2.48. The van der Waals surface area contributed by atoms with Crippen LogP contribution in [-0.4, -0.2) is 27.0 Å². The third-order valence-electron chi connectivity index (χ3n) is 5.56. The number of para-hydroxylation sites is 1. The predicted octanol–water partition coefficient (Wildman–Crippen LogP) is 3.50. The van der Waals surface area contributed by atoms with E-state index in [1.54, 1.807) is 10.6 Å². The fourth-order valence-electron chi connectivity index (χ4n) is 3.97. The van der Waals surface area contributed by atoms with Crippen LogP contribution in [0.25, 0.3) is 10.9 Å². The van der Waals surface area contributed by atoms with E-state index in [2.05, 4.69) is 32.7 Å². The highest BCUT2D eigenvalue weighted by atomic mass is 16.1. The van der Waals surface area contributed by atoms with Gasteiger partial charge in [0.2, 0.25) is 5.95 Å². The highest BCUT2D eigenvalue weighted by molar-refractivity contribution is 5.93. The third-order valence-corrected chi connectivity index (χ3v) is 5.56. The SMILES string of the molecule is Cc1ccc(C2NC(=NCCc3c[nH]c4ccccc34)Nc3nc(C)cc(=O)n32)cc1. The molecule has 0 saturated carbocycles. The molecule has 4 aromatic rings. The summed E-state index contributed by atoms with van der Waals surface area (Å²) < 4.78 is 1.64. The van der Waals surface area contributed by atoms with E-state index >= 15 is 0 Å². The highest BCUT2D eigenvalue weighted by Gasteiger charge is 2.26. The van der Waals surface area contributed by atoms with Crippen LogP contribution in [0.3, 0.4) is 0 Å². The number of hydrogen-bond acceptors (Lipinski definition) is 3. The lowest BCUT2D eigenvalue weighted by molar-refractivity contribution is 0.515. The van der Waals surface area contributed by atoms with Crippen LogP contribution in [-0.2, 0) is 6.42 Å². The molecule has 2 aromatic heterocycles. The fourth-order valence-corrected chi connectivity index (χ4v) is 3.97. The Bertz CT molecular complexity index is 1330. The van der Waals surface area contributed by atoms with Gasteiger partial charge in [0.15, 0.2) is 5.96 Å². The molecule has 2 aromatic carbocycles. The van der Waals surface area contributed by atoms with Crippen molar-refractivity contribution < 1.29 is 0 Å². The van der Waals surface area contributed by atoms with E-state index in [1.165, 1.54) is 16.5 Å². The lowest BCUT2D eigenvalue weighted by Gasteiger charge is -2.31. The zero-order valence-corrected chi connectivity index (χ0v) is 17.5. The van der Waals surface area contributed by atoms with E-state index in [0.29, 0.717) is 24.1 Å². The Morgan fingerprint density at radius 2 is 1.90 bits per heavy atom. The van der Waals surface area contributed by atoms with Gasteiger partial charge in [0.25, 0.3) is 5.56 Å². The molecule has 0 saturated heterocycles. The van der Waals surface area contributed by atoms with Gasteiger partial charge < -0.3 is 10.3 Å². The number of nitrogens with zero attached hydrogens (tertiary/aromatic N) is 3. The van der Waals surface area contributed by atoms with E-state index in [-0.39, 0.29) is 11.7 Å². The lowest BCUT2D eigenvalue weighted by atomic mass is 10.1. The van der Waals surface area contributed by atoms with Gasteiger partial charge in [-0.2, -0.15) is 0 Å². The Labute approximate surface area is 179 Å². The van der Waals surface area contributed by atoms with Crippen LogP contribution in [0.15, 0.2) is 70.6 Å². The summed E-state index contributed by atoms with van der Waals surface area (Å²) in [6.45, 7) is 4.47. The summed E-state index contributed by atoms with van der Waals surface area (Å²) in [5.41, 5.74) is 5.07. The zero-order valence-electron chi connectivity index (χ0n) is 17.5. The van der Waals surface area contributed by atoms with Crippen molar-refractivity contribution in [2.75, 3.05) is 11.9 Å². The average Bonchev–Trinajstić information content (AvgIpc) is 3.16. The number of aromatic amines is 1.